The van der Waals surface area contributed by atoms with Crippen molar-refractivity contribution in [2.45, 2.75) is 6.04 Å². The maximum Gasteiger partial charge on any atom is 0.275 e. The van der Waals surface area contributed by atoms with E-state index in [1.165, 1.54) is 0 Å². The number of aromatic nitrogens is 2. The standard InChI is InChI=1S/C22H22N4O4S/c1-29-17-7-3-15(4-8-17)23-21(27)20-13-31-14-25(20)22(28)19-11-12-26(24-19)16-5-9-18(30-2)10-6-16/h3-12,20H,13-14H2,1-2H3,(H,23,27). The van der Waals surface area contributed by atoms with Crippen molar-refractivity contribution in [3.63, 3.8) is 0 Å². The van der Waals surface area contributed by atoms with Gasteiger partial charge in [-0.3, -0.25) is 9.59 Å². The van der Waals surface area contributed by atoms with Gasteiger partial charge in [0.15, 0.2) is 5.69 Å². The maximum absolute atomic E-state index is 13.1. The van der Waals surface area contributed by atoms with Gasteiger partial charge in [0.25, 0.3) is 5.91 Å². The average Bonchev–Trinajstić information content (AvgIpc) is 3.49. The summed E-state index contributed by atoms with van der Waals surface area (Å²) in [7, 11) is 3.19. The number of ether oxygens (including phenoxy) is 2. The molecule has 0 spiro atoms. The summed E-state index contributed by atoms with van der Waals surface area (Å²) < 4.78 is 11.9. The highest BCUT2D eigenvalue weighted by atomic mass is 32.2. The molecule has 0 saturated carbocycles. The number of rotatable bonds is 6. The Labute approximate surface area is 184 Å². The molecule has 4 rings (SSSR count). The first-order valence-electron chi connectivity index (χ1n) is 9.63. The molecule has 160 valence electrons. The highest BCUT2D eigenvalue weighted by Crippen LogP contribution is 2.25. The predicted octanol–water partition coefficient (Wildman–Crippen LogP) is 3.04. The van der Waals surface area contributed by atoms with E-state index < -0.39 is 6.04 Å². The van der Waals surface area contributed by atoms with Gasteiger partial charge in [0.2, 0.25) is 5.91 Å². The van der Waals surface area contributed by atoms with Crippen LogP contribution in [0.3, 0.4) is 0 Å². The molecule has 2 heterocycles. The van der Waals surface area contributed by atoms with Crippen LogP contribution in [0.5, 0.6) is 11.5 Å². The third kappa shape index (κ3) is 4.51. The van der Waals surface area contributed by atoms with Gasteiger partial charge in [0, 0.05) is 17.6 Å². The molecule has 9 heteroatoms. The Kier molecular flexibility index (Phi) is 6.13. The van der Waals surface area contributed by atoms with Gasteiger partial charge in [-0.25, -0.2) is 4.68 Å². The van der Waals surface area contributed by atoms with Crippen LogP contribution in [0.15, 0.2) is 60.8 Å². The van der Waals surface area contributed by atoms with Crippen molar-refractivity contribution in [3.8, 4) is 17.2 Å². The molecular weight excluding hydrogens is 416 g/mol. The van der Waals surface area contributed by atoms with E-state index in [4.69, 9.17) is 9.47 Å². The van der Waals surface area contributed by atoms with E-state index in [2.05, 4.69) is 10.4 Å². The summed E-state index contributed by atoms with van der Waals surface area (Å²) in [4.78, 5) is 27.4. The Hall–Kier alpha value is -3.46. The van der Waals surface area contributed by atoms with Crippen LogP contribution in [0, 0.1) is 0 Å². The van der Waals surface area contributed by atoms with Gasteiger partial charge < -0.3 is 19.7 Å². The number of amides is 2. The van der Waals surface area contributed by atoms with Crippen LogP contribution in [0.4, 0.5) is 5.69 Å². The number of anilines is 1. The van der Waals surface area contributed by atoms with E-state index in [1.807, 2.05) is 24.3 Å². The summed E-state index contributed by atoms with van der Waals surface area (Å²) in [5, 5.41) is 7.28. The molecule has 1 aliphatic heterocycles. The highest BCUT2D eigenvalue weighted by Gasteiger charge is 2.36. The number of methoxy groups -OCH3 is 2. The van der Waals surface area contributed by atoms with Crippen molar-refractivity contribution in [1.82, 2.24) is 14.7 Å². The molecule has 31 heavy (non-hydrogen) atoms. The summed E-state index contributed by atoms with van der Waals surface area (Å²) in [5.74, 6) is 1.93. The van der Waals surface area contributed by atoms with E-state index in [0.29, 0.717) is 28.8 Å². The van der Waals surface area contributed by atoms with Crippen LogP contribution in [0.1, 0.15) is 10.5 Å². The second-order valence-corrected chi connectivity index (χ2v) is 7.85. The zero-order valence-electron chi connectivity index (χ0n) is 17.1. The Morgan fingerprint density at radius 3 is 2.29 bits per heavy atom. The molecule has 3 aromatic rings. The third-order valence-corrected chi connectivity index (χ3v) is 5.96. The molecule has 1 aliphatic rings. The lowest BCUT2D eigenvalue weighted by Gasteiger charge is -2.22. The van der Waals surface area contributed by atoms with Gasteiger partial charge in [-0.2, -0.15) is 5.10 Å². The molecular formula is C22H22N4O4S. The van der Waals surface area contributed by atoms with Crippen LogP contribution in [-0.2, 0) is 4.79 Å². The van der Waals surface area contributed by atoms with Crippen molar-refractivity contribution in [2.75, 3.05) is 31.2 Å². The normalized spacial score (nSPS) is 15.5. The minimum absolute atomic E-state index is 0.224. The van der Waals surface area contributed by atoms with Crippen LogP contribution in [-0.4, -0.2) is 58.4 Å². The summed E-state index contributed by atoms with van der Waals surface area (Å²) in [6, 6.07) is 15.5. The second kappa shape index (κ2) is 9.13. The number of nitrogens with zero attached hydrogens (tertiary/aromatic N) is 3. The van der Waals surface area contributed by atoms with Crippen LogP contribution >= 0.6 is 11.8 Å². The lowest BCUT2D eigenvalue weighted by Crippen LogP contribution is -2.44. The van der Waals surface area contributed by atoms with Gasteiger partial charge in [-0.1, -0.05) is 0 Å². The number of carbonyl (C=O) groups excluding carboxylic acids is 2. The summed E-state index contributed by atoms with van der Waals surface area (Å²) >= 11 is 1.54. The molecule has 0 bridgehead atoms. The first-order valence-corrected chi connectivity index (χ1v) is 10.8. The fourth-order valence-corrected chi connectivity index (χ4v) is 4.38. The number of nitrogens with one attached hydrogen (secondary N) is 1. The van der Waals surface area contributed by atoms with Gasteiger partial charge in [0.1, 0.15) is 17.5 Å². The van der Waals surface area contributed by atoms with Crippen molar-refractivity contribution in [3.05, 3.63) is 66.5 Å². The highest BCUT2D eigenvalue weighted by molar-refractivity contribution is 7.99. The van der Waals surface area contributed by atoms with E-state index in [1.54, 1.807) is 72.1 Å². The monoisotopic (exact) mass is 438 g/mol. The van der Waals surface area contributed by atoms with Gasteiger partial charge in [0.05, 0.1) is 25.8 Å². The van der Waals surface area contributed by atoms with Crippen LogP contribution < -0.4 is 14.8 Å². The van der Waals surface area contributed by atoms with Gasteiger partial charge in [-0.15, -0.1) is 11.8 Å². The maximum atomic E-state index is 13.1. The predicted molar refractivity (Wildman–Crippen MR) is 119 cm³/mol. The van der Waals surface area contributed by atoms with E-state index in [0.717, 1.165) is 11.4 Å². The zero-order valence-corrected chi connectivity index (χ0v) is 18.0. The van der Waals surface area contributed by atoms with Crippen molar-refractivity contribution < 1.29 is 19.1 Å². The molecule has 8 nitrogen and oxygen atoms in total. The number of hydrogen-bond donors (Lipinski definition) is 1. The molecule has 1 atom stereocenters. The van der Waals surface area contributed by atoms with Crippen molar-refractivity contribution >= 4 is 29.3 Å². The van der Waals surface area contributed by atoms with Crippen molar-refractivity contribution in [2.24, 2.45) is 0 Å². The lowest BCUT2D eigenvalue weighted by molar-refractivity contribution is -0.119. The third-order valence-electron chi connectivity index (χ3n) is 4.95. The molecule has 1 fully saturated rings. The number of hydrogen-bond acceptors (Lipinski definition) is 6. The molecule has 0 aliphatic carbocycles. The molecule has 1 unspecified atom stereocenters. The van der Waals surface area contributed by atoms with Crippen LogP contribution in [0.25, 0.3) is 5.69 Å². The largest absolute Gasteiger partial charge is 0.497 e. The molecule has 1 aromatic heterocycles. The number of carbonyl (C=O) groups is 2. The zero-order chi connectivity index (χ0) is 21.8. The van der Waals surface area contributed by atoms with E-state index >= 15 is 0 Å². The quantitative estimate of drug-likeness (QED) is 0.637. The Balaban J connectivity index is 1.45. The summed E-state index contributed by atoms with van der Waals surface area (Å²) in [5.41, 5.74) is 1.75. The fourth-order valence-electron chi connectivity index (χ4n) is 3.22. The molecule has 2 aromatic carbocycles. The average molecular weight is 439 g/mol. The smallest absolute Gasteiger partial charge is 0.275 e. The first-order chi connectivity index (χ1) is 15.1. The fraction of sp³-hybridized carbons (Fsp3) is 0.227. The lowest BCUT2D eigenvalue weighted by atomic mass is 10.2. The van der Waals surface area contributed by atoms with Gasteiger partial charge >= 0.3 is 0 Å². The molecule has 1 N–H and O–H groups in total. The van der Waals surface area contributed by atoms with Crippen molar-refractivity contribution in [1.29, 1.82) is 0 Å². The van der Waals surface area contributed by atoms with Gasteiger partial charge in [-0.05, 0) is 54.6 Å². The summed E-state index contributed by atoms with van der Waals surface area (Å²) in [6.07, 6.45) is 1.73. The Morgan fingerprint density at radius 2 is 1.65 bits per heavy atom. The molecule has 2 amide bonds. The second-order valence-electron chi connectivity index (χ2n) is 6.85. The van der Waals surface area contributed by atoms with Crippen LogP contribution in [0.2, 0.25) is 0 Å². The van der Waals surface area contributed by atoms with E-state index in [9.17, 15) is 9.59 Å². The minimum Gasteiger partial charge on any atom is -0.497 e. The number of benzene rings is 2. The first kappa shape index (κ1) is 20.8. The topological polar surface area (TPSA) is 85.7 Å². The Morgan fingerprint density at radius 1 is 1.00 bits per heavy atom. The summed E-state index contributed by atoms with van der Waals surface area (Å²) in [6.45, 7) is 0. The molecule has 0 radical (unpaired) electrons. The van der Waals surface area contributed by atoms with E-state index in [-0.39, 0.29) is 11.8 Å². The molecule has 1 saturated heterocycles. The number of thioether (sulfide) groups is 1. The SMILES string of the molecule is COc1ccc(NC(=O)C2CSCN2C(=O)c2ccn(-c3ccc(OC)cc3)n2)cc1. The Bertz CT molecular complexity index is 1070. The minimum atomic E-state index is -0.564.